The van der Waals surface area contributed by atoms with Gasteiger partial charge in [-0.25, -0.2) is 22.3 Å². The molecule has 0 atom stereocenters. The number of rotatable bonds is 3. The first kappa shape index (κ1) is 14.6. The van der Waals surface area contributed by atoms with E-state index in [1.165, 1.54) is 0 Å². The van der Waals surface area contributed by atoms with Crippen molar-refractivity contribution in [1.82, 2.24) is 4.72 Å². The molecule has 0 saturated heterocycles. The van der Waals surface area contributed by atoms with E-state index >= 15 is 0 Å². The number of nitrogens with one attached hydrogen (secondary N) is 1. The van der Waals surface area contributed by atoms with Gasteiger partial charge in [-0.05, 0) is 39.0 Å². The van der Waals surface area contributed by atoms with Gasteiger partial charge in [0.2, 0.25) is 10.0 Å². The first-order chi connectivity index (χ1) is 8.01. The Balaban J connectivity index is 3.29. The summed E-state index contributed by atoms with van der Waals surface area (Å²) in [6.45, 7) is 4.88. The average molecular weight is 275 g/mol. The standard InChI is InChI=1S/C11H14FNO4S/c1-11(2,3)13-18(16,17)9-5-7(10(14)15)4-8(12)6-9/h4-6,13H,1-3H3,(H,14,15). The van der Waals surface area contributed by atoms with Crippen molar-refractivity contribution in [2.45, 2.75) is 31.2 Å². The second kappa shape index (κ2) is 4.66. The van der Waals surface area contributed by atoms with Crippen LogP contribution in [-0.4, -0.2) is 25.0 Å². The summed E-state index contributed by atoms with van der Waals surface area (Å²) in [5.41, 5.74) is -1.15. The van der Waals surface area contributed by atoms with Crippen LogP contribution in [0.5, 0.6) is 0 Å². The molecular formula is C11H14FNO4S. The zero-order chi connectivity index (χ0) is 14.1. The number of halogens is 1. The number of hydrogen-bond donors (Lipinski definition) is 2. The Morgan fingerprint density at radius 3 is 2.28 bits per heavy atom. The van der Waals surface area contributed by atoms with Gasteiger partial charge < -0.3 is 5.11 Å². The summed E-state index contributed by atoms with van der Waals surface area (Å²) in [5.74, 6) is -2.30. The van der Waals surface area contributed by atoms with Crippen LogP contribution in [0, 0.1) is 5.82 Å². The van der Waals surface area contributed by atoms with Crippen LogP contribution < -0.4 is 4.72 Å². The molecule has 18 heavy (non-hydrogen) atoms. The number of carboxylic acids is 1. The lowest BCUT2D eigenvalue weighted by atomic mass is 10.1. The van der Waals surface area contributed by atoms with E-state index in [1.54, 1.807) is 20.8 Å². The van der Waals surface area contributed by atoms with Gasteiger partial charge in [-0.15, -0.1) is 0 Å². The lowest BCUT2D eigenvalue weighted by Crippen LogP contribution is -2.40. The van der Waals surface area contributed by atoms with Gasteiger partial charge in [0, 0.05) is 5.54 Å². The molecule has 1 rings (SSSR count). The van der Waals surface area contributed by atoms with Crippen molar-refractivity contribution >= 4 is 16.0 Å². The van der Waals surface area contributed by atoms with Gasteiger partial charge in [0.05, 0.1) is 10.5 Å². The summed E-state index contributed by atoms with van der Waals surface area (Å²) >= 11 is 0. The highest BCUT2D eigenvalue weighted by molar-refractivity contribution is 7.89. The Labute approximate surface area is 105 Å². The topological polar surface area (TPSA) is 83.5 Å². The second-order valence-electron chi connectivity index (χ2n) is 4.84. The molecule has 1 aromatic carbocycles. The Morgan fingerprint density at radius 1 is 1.28 bits per heavy atom. The maximum Gasteiger partial charge on any atom is 0.335 e. The number of sulfonamides is 1. The van der Waals surface area contributed by atoms with Gasteiger partial charge in [-0.2, -0.15) is 0 Å². The Morgan fingerprint density at radius 2 is 1.83 bits per heavy atom. The molecule has 1 aromatic rings. The quantitative estimate of drug-likeness (QED) is 0.877. The summed E-state index contributed by atoms with van der Waals surface area (Å²) < 4.78 is 39.3. The van der Waals surface area contributed by atoms with Gasteiger partial charge in [0.1, 0.15) is 5.82 Å². The molecule has 0 heterocycles. The van der Waals surface area contributed by atoms with E-state index in [0.29, 0.717) is 0 Å². The highest BCUT2D eigenvalue weighted by Crippen LogP contribution is 2.16. The fourth-order valence-corrected chi connectivity index (χ4v) is 2.78. The third-order valence-corrected chi connectivity index (χ3v) is 3.61. The predicted octanol–water partition coefficient (Wildman–Crippen LogP) is 1.60. The SMILES string of the molecule is CC(C)(C)NS(=O)(=O)c1cc(F)cc(C(=O)O)c1. The molecule has 0 unspecified atom stereocenters. The molecular weight excluding hydrogens is 261 g/mol. The summed E-state index contributed by atoms with van der Waals surface area (Å²) in [7, 11) is -3.95. The Kier molecular flexibility index (Phi) is 3.78. The van der Waals surface area contributed by atoms with Crippen LogP contribution in [0.25, 0.3) is 0 Å². The van der Waals surface area contributed by atoms with Crippen LogP contribution in [0.15, 0.2) is 23.1 Å². The molecule has 0 spiro atoms. The van der Waals surface area contributed by atoms with Crippen molar-refractivity contribution in [1.29, 1.82) is 0 Å². The smallest absolute Gasteiger partial charge is 0.335 e. The van der Waals surface area contributed by atoms with Crippen LogP contribution in [0.3, 0.4) is 0 Å². The molecule has 0 amide bonds. The van der Waals surface area contributed by atoms with E-state index in [0.717, 1.165) is 18.2 Å². The lowest BCUT2D eigenvalue weighted by molar-refractivity contribution is 0.0696. The zero-order valence-electron chi connectivity index (χ0n) is 10.2. The first-order valence-electron chi connectivity index (χ1n) is 5.09. The Bertz CT molecular complexity index is 575. The molecule has 0 aliphatic carbocycles. The molecule has 0 aliphatic heterocycles. The largest absolute Gasteiger partial charge is 0.478 e. The van der Waals surface area contributed by atoms with Gasteiger partial charge in [-0.3, -0.25) is 0 Å². The van der Waals surface area contributed by atoms with Crippen molar-refractivity contribution in [3.8, 4) is 0 Å². The van der Waals surface area contributed by atoms with Crippen molar-refractivity contribution in [3.05, 3.63) is 29.6 Å². The molecule has 0 aromatic heterocycles. The van der Waals surface area contributed by atoms with E-state index in [2.05, 4.69) is 4.72 Å². The minimum Gasteiger partial charge on any atom is -0.478 e. The lowest BCUT2D eigenvalue weighted by Gasteiger charge is -2.20. The van der Waals surface area contributed by atoms with E-state index in [-0.39, 0.29) is 0 Å². The highest BCUT2D eigenvalue weighted by atomic mass is 32.2. The first-order valence-corrected chi connectivity index (χ1v) is 6.57. The van der Waals surface area contributed by atoms with E-state index in [4.69, 9.17) is 5.11 Å². The summed E-state index contributed by atoms with van der Waals surface area (Å²) in [4.78, 5) is 10.3. The van der Waals surface area contributed by atoms with E-state index in [9.17, 15) is 17.6 Å². The van der Waals surface area contributed by atoms with Crippen molar-refractivity contribution in [2.24, 2.45) is 0 Å². The van der Waals surface area contributed by atoms with Crippen LogP contribution in [0.4, 0.5) is 4.39 Å². The summed E-state index contributed by atoms with van der Waals surface area (Å²) in [5, 5.41) is 8.75. The third-order valence-electron chi connectivity index (χ3n) is 1.87. The van der Waals surface area contributed by atoms with E-state index < -0.39 is 37.8 Å². The van der Waals surface area contributed by atoms with Gasteiger partial charge in [0.15, 0.2) is 0 Å². The molecule has 0 bridgehead atoms. The number of aromatic carboxylic acids is 1. The Hall–Kier alpha value is -1.47. The molecule has 0 aliphatic rings. The molecule has 7 heteroatoms. The minimum absolute atomic E-state index is 0.408. The van der Waals surface area contributed by atoms with Gasteiger partial charge in [0.25, 0.3) is 0 Å². The number of carbonyl (C=O) groups is 1. The van der Waals surface area contributed by atoms with Crippen molar-refractivity contribution in [2.75, 3.05) is 0 Å². The summed E-state index contributed by atoms with van der Waals surface area (Å²) in [6, 6.07) is 2.46. The molecule has 100 valence electrons. The number of hydrogen-bond acceptors (Lipinski definition) is 3. The molecule has 0 fully saturated rings. The molecule has 0 radical (unpaired) electrons. The zero-order valence-corrected chi connectivity index (χ0v) is 11.0. The minimum atomic E-state index is -3.95. The van der Waals surface area contributed by atoms with Crippen LogP contribution in [0.2, 0.25) is 0 Å². The monoisotopic (exact) mass is 275 g/mol. The molecule has 2 N–H and O–H groups in total. The fourth-order valence-electron chi connectivity index (χ4n) is 1.30. The molecule has 5 nitrogen and oxygen atoms in total. The predicted molar refractivity (Wildman–Crippen MR) is 63.4 cm³/mol. The average Bonchev–Trinajstić information content (AvgIpc) is 2.12. The highest BCUT2D eigenvalue weighted by Gasteiger charge is 2.23. The molecule has 0 saturated carbocycles. The van der Waals surface area contributed by atoms with Gasteiger partial charge >= 0.3 is 5.97 Å². The van der Waals surface area contributed by atoms with Gasteiger partial charge in [-0.1, -0.05) is 0 Å². The van der Waals surface area contributed by atoms with Crippen LogP contribution in [0.1, 0.15) is 31.1 Å². The van der Waals surface area contributed by atoms with Crippen LogP contribution >= 0.6 is 0 Å². The number of benzene rings is 1. The normalized spacial score (nSPS) is 12.4. The maximum atomic E-state index is 13.2. The van der Waals surface area contributed by atoms with Crippen LogP contribution in [-0.2, 0) is 10.0 Å². The maximum absolute atomic E-state index is 13.2. The third kappa shape index (κ3) is 3.78. The van der Waals surface area contributed by atoms with Crippen molar-refractivity contribution < 1.29 is 22.7 Å². The second-order valence-corrected chi connectivity index (χ2v) is 6.52. The van der Waals surface area contributed by atoms with E-state index in [1.807, 2.05) is 0 Å². The van der Waals surface area contributed by atoms with Crippen molar-refractivity contribution in [3.63, 3.8) is 0 Å². The summed E-state index contributed by atoms with van der Waals surface area (Å²) in [6.07, 6.45) is 0. The number of carboxylic acid groups (broad SMARTS) is 1. The fraction of sp³-hybridized carbons (Fsp3) is 0.364.